The fourth-order valence-electron chi connectivity index (χ4n) is 1.36. The van der Waals surface area contributed by atoms with Crippen LogP contribution in [-0.4, -0.2) is 9.97 Å². The molecule has 2 aromatic heterocycles. The van der Waals surface area contributed by atoms with Crippen LogP contribution >= 0.6 is 0 Å². The summed E-state index contributed by atoms with van der Waals surface area (Å²) in [6.07, 6.45) is 0. The molecule has 0 spiro atoms. The summed E-state index contributed by atoms with van der Waals surface area (Å²) < 4.78 is 4.82. The van der Waals surface area contributed by atoms with Gasteiger partial charge >= 0.3 is 5.63 Å². The van der Waals surface area contributed by atoms with Crippen molar-refractivity contribution in [3.05, 3.63) is 38.2 Å². The predicted molar refractivity (Wildman–Crippen MR) is 50.4 cm³/mol. The fraction of sp³-hybridized carbons (Fsp3) is 0.222. The summed E-state index contributed by atoms with van der Waals surface area (Å²) >= 11 is 0. The molecular formula is C9H8N2O3. The third-order valence-electron chi connectivity index (χ3n) is 1.93. The molecule has 0 unspecified atom stereocenters. The van der Waals surface area contributed by atoms with Crippen molar-refractivity contribution in [1.82, 2.24) is 9.97 Å². The van der Waals surface area contributed by atoms with Gasteiger partial charge in [0.05, 0.1) is 0 Å². The van der Waals surface area contributed by atoms with E-state index < -0.39 is 5.63 Å². The van der Waals surface area contributed by atoms with Gasteiger partial charge in [-0.3, -0.25) is 4.79 Å². The first-order valence-electron chi connectivity index (χ1n) is 4.09. The van der Waals surface area contributed by atoms with Crippen LogP contribution in [0.2, 0.25) is 0 Å². The summed E-state index contributed by atoms with van der Waals surface area (Å²) in [6.45, 7) is 3.30. The Morgan fingerprint density at radius 1 is 1.36 bits per heavy atom. The first kappa shape index (κ1) is 8.68. The maximum atomic E-state index is 11.5. The van der Waals surface area contributed by atoms with Gasteiger partial charge in [0.25, 0.3) is 5.56 Å². The zero-order chi connectivity index (χ0) is 10.3. The number of hydrogen-bond donors (Lipinski definition) is 1. The molecule has 0 bridgehead atoms. The quantitative estimate of drug-likeness (QED) is 0.659. The average Bonchev–Trinajstić information content (AvgIpc) is 1.99. The van der Waals surface area contributed by atoms with Gasteiger partial charge in [-0.2, -0.15) is 4.98 Å². The predicted octanol–water partition coefficient (Wildman–Crippen LogP) is 0.493. The van der Waals surface area contributed by atoms with Crippen LogP contribution in [-0.2, 0) is 0 Å². The van der Waals surface area contributed by atoms with E-state index in [-0.39, 0.29) is 11.3 Å². The van der Waals surface area contributed by atoms with Crippen molar-refractivity contribution in [2.75, 3.05) is 0 Å². The van der Waals surface area contributed by atoms with Crippen LogP contribution in [0.4, 0.5) is 0 Å². The number of nitrogens with one attached hydrogen (secondary N) is 1. The normalized spacial score (nSPS) is 10.7. The van der Waals surface area contributed by atoms with Crippen LogP contribution in [0.1, 0.15) is 11.4 Å². The maximum absolute atomic E-state index is 11.5. The molecule has 0 amide bonds. The molecule has 0 atom stereocenters. The number of aryl methyl sites for hydroxylation is 2. The molecule has 0 aromatic carbocycles. The van der Waals surface area contributed by atoms with Crippen molar-refractivity contribution in [3.63, 3.8) is 0 Å². The Bertz CT molecular complexity index is 609. The lowest BCUT2D eigenvalue weighted by atomic mass is 10.2. The molecule has 2 aromatic rings. The number of hydrogen-bond acceptors (Lipinski definition) is 4. The van der Waals surface area contributed by atoms with E-state index in [1.807, 2.05) is 0 Å². The second-order valence-electron chi connectivity index (χ2n) is 3.08. The highest BCUT2D eigenvalue weighted by Gasteiger charge is 2.07. The van der Waals surface area contributed by atoms with Crippen molar-refractivity contribution >= 4 is 11.1 Å². The van der Waals surface area contributed by atoms with Gasteiger partial charge in [-0.05, 0) is 19.4 Å². The summed E-state index contributed by atoms with van der Waals surface area (Å²) in [7, 11) is 0. The van der Waals surface area contributed by atoms with Gasteiger partial charge in [-0.15, -0.1) is 0 Å². The Hall–Kier alpha value is -1.91. The Morgan fingerprint density at radius 3 is 2.79 bits per heavy atom. The highest BCUT2D eigenvalue weighted by atomic mass is 16.4. The molecule has 0 fully saturated rings. The summed E-state index contributed by atoms with van der Waals surface area (Å²) in [5, 5.41) is 0.329. The number of fused-ring (bicyclic) bond motifs is 1. The third-order valence-corrected chi connectivity index (χ3v) is 1.93. The van der Waals surface area contributed by atoms with Crippen LogP contribution in [0.3, 0.4) is 0 Å². The standard InChI is InChI=1S/C9H8N2O3/c1-4-3-6(12)14-9-7(4)8(13)10-5(2)11-9/h3H,1-2H3,(H,10,11,13). The summed E-state index contributed by atoms with van der Waals surface area (Å²) in [6, 6.07) is 1.27. The Labute approximate surface area is 78.4 Å². The molecule has 72 valence electrons. The second-order valence-corrected chi connectivity index (χ2v) is 3.08. The summed E-state index contributed by atoms with van der Waals surface area (Å²) in [5.74, 6) is 0.427. The van der Waals surface area contributed by atoms with Gasteiger partial charge in [-0.1, -0.05) is 0 Å². The van der Waals surface area contributed by atoms with Crippen molar-refractivity contribution in [2.45, 2.75) is 13.8 Å². The molecule has 0 radical (unpaired) electrons. The van der Waals surface area contributed by atoms with Crippen LogP contribution in [0.25, 0.3) is 11.1 Å². The number of nitrogens with zero attached hydrogens (tertiary/aromatic N) is 1. The monoisotopic (exact) mass is 192 g/mol. The average molecular weight is 192 g/mol. The van der Waals surface area contributed by atoms with Crippen LogP contribution < -0.4 is 11.2 Å². The zero-order valence-corrected chi connectivity index (χ0v) is 7.75. The lowest BCUT2D eigenvalue weighted by Gasteiger charge is -1.98. The molecule has 2 heterocycles. The van der Waals surface area contributed by atoms with E-state index in [1.54, 1.807) is 13.8 Å². The second kappa shape index (κ2) is 2.80. The molecule has 0 saturated heterocycles. The molecule has 0 aliphatic rings. The van der Waals surface area contributed by atoms with E-state index in [9.17, 15) is 9.59 Å². The number of aromatic amines is 1. The van der Waals surface area contributed by atoms with E-state index in [0.717, 1.165) is 0 Å². The minimum absolute atomic E-state index is 0.0938. The Kier molecular flexibility index (Phi) is 1.73. The van der Waals surface area contributed by atoms with Crippen LogP contribution in [0.15, 0.2) is 20.1 Å². The molecule has 2 rings (SSSR count). The first-order valence-corrected chi connectivity index (χ1v) is 4.09. The van der Waals surface area contributed by atoms with Crippen molar-refractivity contribution in [3.8, 4) is 0 Å². The van der Waals surface area contributed by atoms with E-state index in [2.05, 4.69) is 9.97 Å². The Balaban J connectivity index is 3.10. The van der Waals surface area contributed by atoms with E-state index in [0.29, 0.717) is 16.8 Å². The number of H-pyrrole nitrogens is 1. The van der Waals surface area contributed by atoms with Gasteiger partial charge < -0.3 is 9.40 Å². The highest BCUT2D eigenvalue weighted by Crippen LogP contribution is 2.08. The zero-order valence-electron chi connectivity index (χ0n) is 7.75. The third kappa shape index (κ3) is 1.22. The Morgan fingerprint density at radius 2 is 2.07 bits per heavy atom. The van der Waals surface area contributed by atoms with E-state index in [1.165, 1.54) is 6.07 Å². The van der Waals surface area contributed by atoms with Crippen molar-refractivity contribution < 1.29 is 4.42 Å². The highest BCUT2D eigenvalue weighted by molar-refractivity contribution is 5.74. The molecule has 0 aliphatic heterocycles. The molecule has 14 heavy (non-hydrogen) atoms. The largest absolute Gasteiger partial charge is 0.403 e. The summed E-state index contributed by atoms with van der Waals surface area (Å²) in [4.78, 5) is 29.0. The fourth-order valence-corrected chi connectivity index (χ4v) is 1.36. The molecule has 0 saturated carbocycles. The lowest BCUT2D eigenvalue weighted by molar-refractivity contribution is 0.545. The van der Waals surface area contributed by atoms with Crippen molar-refractivity contribution in [1.29, 1.82) is 0 Å². The van der Waals surface area contributed by atoms with E-state index in [4.69, 9.17) is 4.42 Å². The molecule has 0 aliphatic carbocycles. The minimum atomic E-state index is -0.493. The number of rotatable bonds is 0. The van der Waals surface area contributed by atoms with Gasteiger partial charge in [0.2, 0.25) is 5.71 Å². The van der Waals surface area contributed by atoms with E-state index >= 15 is 0 Å². The van der Waals surface area contributed by atoms with Gasteiger partial charge in [0, 0.05) is 6.07 Å². The van der Waals surface area contributed by atoms with Crippen LogP contribution in [0, 0.1) is 13.8 Å². The molecule has 5 nitrogen and oxygen atoms in total. The molecular weight excluding hydrogens is 184 g/mol. The maximum Gasteiger partial charge on any atom is 0.337 e. The SMILES string of the molecule is Cc1nc2oc(=O)cc(C)c2c(=O)[nH]1. The first-order chi connectivity index (χ1) is 6.58. The topological polar surface area (TPSA) is 76.0 Å². The van der Waals surface area contributed by atoms with Gasteiger partial charge in [-0.25, -0.2) is 4.79 Å². The molecule has 1 N–H and O–H groups in total. The van der Waals surface area contributed by atoms with Crippen LogP contribution in [0.5, 0.6) is 0 Å². The number of aromatic nitrogens is 2. The lowest BCUT2D eigenvalue weighted by Crippen LogP contribution is -2.13. The van der Waals surface area contributed by atoms with Gasteiger partial charge in [0.1, 0.15) is 11.2 Å². The van der Waals surface area contributed by atoms with Gasteiger partial charge in [0.15, 0.2) is 0 Å². The minimum Gasteiger partial charge on any atom is -0.403 e. The smallest absolute Gasteiger partial charge is 0.337 e. The molecule has 5 heteroatoms. The van der Waals surface area contributed by atoms with Crippen molar-refractivity contribution in [2.24, 2.45) is 0 Å². The summed E-state index contributed by atoms with van der Waals surface area (Å²) in [5.41, 5.74) is -0.109.